The van der Waals surface area contributed by atoms with E-state index in [9.17, 15) is 9.90 Å². The number of carbonyl (C=O) groups excluding carboxylic acids is 1. The van der Waals surface area contributed by atoms with Crippen LogP contribution in [0.3, 0.4) is 0 Å². The van der Waals surface area contributed by atoms with Gasteiger partial charge in [0, 0.05) is 0 Å². The molecule has 0 radical (unpaired) electrons. The van der Waals surface area contributed by atoms with Crippen molar-refractivity contribution in [3.05, 3.63) is 28.8 Å². The summed E-state index contributed by atoms with van der Waals surface area (Å²) in [5, 5.41) is 18.2. The van der Waals surface area contributed by atoms with Crippen molar-refractivity contribution in [2.45, 2.75) is 19.8 Å². The quantitative estimate of drug-likeness (QED) is 0.725. The Kier molecular flexibility index (Phi) is 2.88. The molecule has 0 fully saturated rings. The van der Waals surface area contributed by atoms with Crippen LogP contribution in [0.1, 0.15) is 41.3 Å². The molecule has 0 aromatic heterocycles. The van der Waals surface area contributed by atoms with Gasteiger partial charge in [-0.1, -0.05) is 13.8 Å². The minimum absolute atomic E-state index is 0.106. The largest absolute Gasteiger partial charge is 0.507 e. The maximum absolute atomic E-state index is 10.7. The van der Waals surface area contributed by atoms with Crippen molar-refractivity contribution < 1.29 is 9.90 Å². The Hall–Kier alpha value is -1.82. The van der Waals surface area contributed by atoms with Crippen LogP contribution in [-0.4, -0.2) is 11.4 Å². The van der Waals surface area contributed by atoms with E-state index in [1.54, 1.807) is 6.07 Å². The summed E-state index contributed by atoms with van der Waals surface area (Å²) in [4.78, 5) is 10.7. The Morgan fingerprint density at radius 2 is 2.14 bits per heavy atom. The highest BCUT2D eigenvalue weighted by atomic mass is 16.3. The van der Waals surface area contributed by atoms with E-state index >= 15 is 0 Å². The van der Waals surface area contributed by atoms with E-state index in [0.717, 1.165) is 0 Å². The lowest BCUT2D eigenvalue weighted by Gasteiger charge is -2.10. The molecule has 1 aromatic carbocycles. The SMILES string of the molecule is CC(C)c1cc(C#N)cc(O)c1C=O. The molecular weight excluding hydrogens is 178 g/mol. The second-order valence-corrected chi connectivity index (χ2v) is 3.38. The van der Waals surface area contributed by atoms with Gasteiger partial charge in [-0.2, -0.15) is 5.26 Å². The first-order valence-corrected chi connectivity index (χ1v) is 4.32. The molecule has 3 heteroatoms. The Bertz CT molecular complexity index is 402. The number of aldehydes is 1. The van der Waals surface area contributed by atoms with Crippen LogP contribution >= 0.6 is 0 Å². The van der Waals surface area contributed by atoms with Gasteiger partial charge in [-0.05, 0) is 23.6 Å². The second-order valence-electron chi connectivity index (χ2n) is 3.38. The highest BCUT2D eigenvalue weighted by Crippen LogP contribution is 2.27. The first kappa shape index (κ1) is 10.3. The van der Waals surface area contributed by atoms with Crippen LogP contribution in [0, 0.1) is 11.3 Å². The number of phenolic OH excluding ortho intramolecular Hbond substituents is 1. The lowest BCUT2D eigenvalue weighted by atomic mass is 9.95. The average molecular weight is 189 g/mol. The van der Waals surface area contributed by atoms with Crippen molar-refractivity contribution >= 4 is 6.29 Å². The molecule has 0 saturated carbocycles. The number of carbonyl (C=O) groups is 1. The third kappa shape index (κ3) is 1.74. The zero-order valence-corrected chi connectivity index (χ0v) is 8.11. The molecule has 0 saturated heterocycles. The summed E-state index contributed by atoms with van der Waals surface area (Å²) in [5.74, 6) is -0.0165. The molecule has 0 heterocycles. The topological polar surface area (TPSA) is 61.1 Å². The summed E-state index contributed by atoms with van der Waals surface area (Å²) in [7, 11) is 0. The Labute approximate surface area is 82.6 Å². The van der Waals surface area contributed by atoms with Gasteiger partial charge in [0.05, 0.1) is 17.2 Å². The molecule has 0 aliphatic heterocycles. The van der Waals surface area contributed by atoms with E-state index < -0.39 is 0 Å². The Morgan fingerprint density at radius 1 is 1.50 bits per heavy atom. The van der Waals surface area contributed by atoms with Crippen molar-refractivity contribution in [2.75, 3.05) is 0 Å². The average Bonchev–Trinajstić information content (AvgIpc) is 2.16. The van der Waals surface area contributed by atoms with Crippen LogP contribution < -0.4 is 0 Å². The lowest BCUT2D eigenvalue weighted by Crippen LogP contribution is -1.96. The molecule has 72 valence electrons. The number of benzene rings is 1. The van der Waals surface area contributed by atoms with Crippen LogP contribution in [-0.2, 0) is 0 Å². The van der Waals surface area contributed by atoms with Gasteiger partial charge in [-0.25, -0.2) is 0 Å². The van der Waals surface area contributed by atoms with Crippen LogP contribution in [0.25, 0.3) is 0 Å². The molecule has 0 bridgehead atoms. The highest BCUT2D eigenvalue weighted by molar-refractivity contribution is 5.82. The van der Waals surface area contributed by atoms with Crippen molar-refractivity contribution in [3.8, 4) is 11.8 Å². The smallest absolute Gasteiger partial charge is 0.154 e. The number of hydrogen-bond acceptors (Lipinski definition) is 3. The maximum atomic E-state index is 10.7. The second kappa shape index (κ2) is 3.93. The minimum atomic E-state index is -0.122. The lowest BCUT2D eigenvalue weighted by molar-refractivity contribution is 0.111. The number of nitriles is 1. The van der Waals surface area contributed by atoms with Crippen LogP contribution in [0.5, 0.6) is 5.75 Å². The molecule has 0 atom stereocenters. The van der Waals surface area contributed by atoms with E-state index in [1.165, 1.54) is 6.07 Å². The van der Waals surface area contributed by atoms with Gasteiger partial charge in [0.25, 0.3) is 0 Å². The summed E-state index contributed by atoms with van der Waals surface area (Å²) in [6, 6.07) is 4.87. The first-order valence-electron chi connectivity index (χ1n) is 4.32. The number of hydrogen-bond donors (Lipinski definition) is 1. The molecule has 0 aliphatic carbocycles. The summed E-state index contributed by atoms with van der Waals surface area (Å²) >= 11 is 0. The molecule has 1 rings (SSSR count). The Balaban J connectivity index is 3.45. The molecule has 0 aliphatic rings. The monoisotopic (exact) mass is 189 g/mol. The van der Waals surface area contributed by atoms with E-state index in [4.69, 9.17) is 5.26 Å². The summed E-state index contributed by atoms with van der Waals surface area (Å²) in [6.07, 6.45) is 0.617. The molecule has 1 aromatic rings. The number of nitrogens with zero attached hydrogens (tertiary/aromatic N) is 1. The number of phenols is 1. The van der Waals surface area contributed by atoms with E-state index in [0.29, 0.717) is 17.4 Å². The van der Waals surface area contributed by atoms with Crippen molar-refractivity contribution in [1.29, 1.82) is 5.26 Å². The third-order valence-corrected chi connectivity index (χ3v) is 2.06. The fraction of sp³-hybridized carbons (Fsp3) is 0.273. The van der Waals surface area contributed by atoms with Crippen molar-refractivity contribution in [3.63, 3.8) is 0 Å². The van der Waals surface area contributed by atoms with E-state index in [1.807, 2.05) is 19.9 Å². The molecule has 0 unspecified atom stereocenters. The molecule has 1 N–H and O–H groups in total. The number of aromatic hydroxyl groups is 1. The highest BCUT2D eigenvalue weighted by Gasteiger charge is 2.12. The van der Waals surface area contributed by atoms with Crippen LogP contribution in [0.15, 0.2) is 12.1 Å². The molecule has 0 amide bonds. The van der Waals surface area contributed by atoms with Gasteiger partial charge in [-0.3, -0.25) is 4.79 Å². The van der Waals surface area contributed by atoms with Crippen molar-refractivity contribution in [1.82, 2.24) is 0 Å². The molecule has 3 nitrogen and oxygen atoms in total. The van der Waals surface area contributed by atoms with Gasteiger partial charge in [0.2, 0.25) is 0 Å². The predicted molar refractivity (Wildman–Crippen MR) is 52.3 cm³/mol. The van der Waals surface area contributed by atoms with Crippen LogP contribution in [0.2, 0.25) is 0 Å². The zero-order chi connectivity index (χ0) is 10.7. The van der Waals surface area contributed by atoms with Gasteiger partial charge in [0.15, 0.2) is 6.29 Å². The molecule has 14 heavy (non-hydrogen) atoms. The fourth-order valence-corrected chi connectivity index (χ4v) is 1.33. The summed E-state index contributed by atoms with van der Waals surface area (Å²) in [6.45, 7) is 3.81. The van der Waals surface area contributed by atoms with Gasteiger partial charge < -0.3 is 5.11 Å². The Morgan fingerprint density at radius 3 is 2.57 bits per heavy atom. The molecular formula is C11H11NO2. The maximum Gasteiger partial charge on any atom is 0.154 e. The van der Waals surface area contributed by atoms with Gasteiger partial charge in [0.1, 0.15) is 5.75 Å². The zero-order valence-electron chi connectivity index (χ0n) is 8.11. The predicted octanol–water partition coefficient (Wildman–Crippen LogP) is 2.20. The van der Waals surface area contributed by atoms with E-state index in [-0.39, 0.29) is 17.2 Å². The van der Waals surface area contributed by atoms with Crippen molar-refractivity contribution in [2.24, 2.45) is 0 Å². The third-order valence-electron chi connectivity index (χ3n) is 2.06. The van der Waals surface area contributed by atoms with Gasteiger partial charge in [-0.15, -0.1) is 0 Å². The summed E-state index contributed by atoms with van der Waals surface area (Å²) in [5.41, 5.74) is 1.35. The fourth-order valence-electron chi connectivity index (χ4n) is 1.33. The minimum Gasteiger partial charge on any atom is -0.507 e. The van der Waals surface area contributed by atoms with Crippen LogP contribution in [0.4, 0.5) is 0 Å². The first-order chi connectivity index (χ1) is 6.60. The van der Waals surface area contributed by atoms with E-state index in [2.05, 4.69) is 0 Å². The normalized spacial score (nSPS) is 9.86. The van der Waals surface area contributed by atoms with Gasteiger partial charge >= 0.3 is 0 Å². The summed E-state index contributed by atoms with van der Waals surface area (Å²) < 4.78 is 0. The molecule has 0 spiro atoms. The standard InChI is InChI=1S/C11H11NO2/c1-7(2)9-3-8(5-12)4-11(14)10(9)6-13/h3-4,6-7,14H,1-2H3. The number of rotatable bonds is 2.